The molecule has 0 aliphatic rings. The van der Waals surface area contributed by atoms with Gasteiger partial charge in [-0.1, -0.05) is 36.4 Å². The average Bonchev–Trinajstić information content (AvgIpc) is 2.85. The van der Waals surface area contributed by atoms with Crippen LogP contribution < -0.4 is 15.4 Å². The van der Waals surface area contributed by atoms with Gasteiger partial charge in [-0.15, -0.1) is 0 Å². The number of nitrogens with zero attached hydrogens (tertiary/aromatic N) is 1. The van der Waals surface area contributed by atoms with Crippen LogP contribution in [0.25, 0.3) is 22.2 Å². The molecule has 2 N–H and O–H groups in total. The molecule has 1 aromatic heterocycles. The number of hydrogen-bond acceptors (Lipinski definition) is 5. The molecule has 178 valence electrons. The summed E-state index contributed by atoms with van der Waals surface area (Å²) in [5.74, 6) is -0.471. The number of anilines is 2. The van der Waals surface area contributed by atoms with Crippen molar-refractivity contribution in [1.29, 1.82) is 0 Å². The molecule has 4 rings (SSSR count). The van der Waals surface area contributed by atoms with Crippen LogP contribution in [0.4, 0.5) is 20.6 Å². The van der Waals surface area contributed by atoms with Gasteiger partial charge in [0.15, 0.2) is 6.61 Å². The van der Waals surface area contributed by atoms with Crippen LogP contribution in [-0.2, 0) is 9.53 Å². The van der Waals surface area contributed by atoms with Crippen LogP contribution in [0.1, 0.15) is 12.5 Å². The molecule has 3 aromatic carbocycles. The second-order valence-electron chi connectivity index (χ2n) is 7.74. The lowest BCUT2D eigenvalue weighted by Gasteiger charge is -2.13. The third-order valence-corrected chi connectivity index (χ3v) is 5.18. The predicted molar refractivity (Wildman–Crippen MR) is 133 cm³/mol. The second-order valence-corrected chi connectivity index (χ2v) is 7.74. The van der Waals surface area contributed by atoms with E-state index in [9.17, 15) is 14.0 Å². The molecule has 4 aromatic rings. The van der Waals surface area contributed by atoms with Crippen molar-refractivity contribution in [3.05, 3.63) is 84.2 Å². The number of nitrogens with one attached hydrogen (secondary N) is 2. The van der Waals surface area contributed by atoms with E-state index in [-0.39, 0.29) is 13.2 Å². The van der Waals surface area contributed by atoms with Crippen LogP contribution in [0.2, 0.25) is 0 Å². The van der Waals surface area contributed by atoms with E-state index in [2.05, 4.69) is 10.6 Å². The van der Waals surface area contributed by atoms with Gasteiger partial charge in [0.1, 0.15) is 11.6 Å². The van der Waals surface area contributed by atoms with E-state index in [0.29, 0.717) is 39.3 Å². The van der Waals surface area contributed by atoms with Crippen LogP contribution in [-0.4, -0.2) is 30.2 Å². The van der Waals surface area contributed by atoms with E-state index < -0.39 is 17.8 Å². The molecule has 1 heterocycles. The van der Waals surface area contributed by atoms with E-state index in [1.54, 1.807) is 50.2 Å². The highest BCUT2D eigenvalue weighted by atomic mass is 19.1. The number of esters is 1. The summed E-state index contributed by atoms with van der Waals surface area (Å²) < 4.78 is 24.5. The SMILES string of the molecule is CCOC(=O)COc1cc(-c2ccccc2)nc2ccc(NC(=O)Nc3ccc(C)c(F)c3)cc12. The molecular weight excluding hydrogens is 449 g/mol. The Morgan fingerprint density at radius 2 is 1.66 bits per heavy atom. The smallest absolute Gasteiger partial charge is 0.344 e. The molecule has 0 spiro atoms. The summed E-state index contributed by atoms with van der Waals surface area (Å²) in [4.78, 5) is 29.1. The van der Waals surface area contributed by atoms with Crippen molar-refractivity contribution in [3.63, 3.8) is 0 Å². The van der Waals surface area contributed by atoms with Crippen molar-refractivity contribution in [2.75, 3.05) is 23.8 Å². The number of aromatic nitrogens is 1. The minimum Gasteiger partial charge on any atom is -0.481 e. The number of amides is 2. The summed E-state index contributed by atoms with van der Waals surface area (Å²) in [6, 6.07) is 20.4. The average molecular weight is 474 g/mol. The topological polar surface area (TPSA) is 89.6 Å². The minimum atomic E-state index is -0.532. The number of benzene rings is 3. The van der Waals surface area contributed by atoms with Crippen LogP contribution in [0, 0.1) is 12.7 Å². The Labute approximate surface area is 201 Å². The zero-order valence-corrected chi connectivity index (χ0v) is 19.3. The molecule has 7 nitrogen and oxygen atoms in total. The first-order chi connectivity index (χ1) is 16.9. The van der Waals surface area contributed by atoms with Gasteiger partial charge >= 0.3 is 12.0 Å². The number of aryl methyl sites for hydroxylation is 1. The molecule has 0 bridgehead atoms. The van der Waals surface area contributed by atoms with Crippen LogP contribution >= 0.6 is 0 Å². The Morgan fingerprint density at radius 3 is 2.37 bits per heavy atom. The first kappa shape index (κ1) is 23.7. The third kappa shape index (κ3) is 5.92. The van der Waals surface area contributed by atoms with Crippen LogP contribution in [0.5, 0.6) is 5.75 Å². The number of rotatable bonds is 7. The molecule has 0 radical (unpaired) electrons. The largest absolute Gasteiger partial charge is 0.481 e. The van der Waals surface area contributed by atoms with Crippen molar-refractivity contribution < 1.29 is 23.5 Å². The molecular formula is C27H24FN3O4. The minimum absolute atomic E-state index is 0.253. The number of ether oxygens (including phenoxy) is 2. The van der Waals surface area contributed by atoms with E-state index in [4.69, 9.17) is 14.5 Å². The Kier molecular flexibility index (Phi) is 7.21. The molecule has 0 fully saturated rings. The Hall–Kier alpha value is -4.46. The van der Waals surface area contributed by atoms with Gasteiger partial charge in [-0.05, 0) is 49.7 Å². The van der Waals surface area contributed by atoms with Gasteiger partial charge in [-0.2, -0.15) is 0 Å². The fourth-order valence-electron chi connectivity index (χ4n) is 3.45. The van der Waals surface area contributed by atoms with Crippen LogP contribution in [0.15, 0.2) is 72.8 Å². The fourth-order valence-corrected chi connectivity index (χ4v) is 3.45. The molecule has 8 heteroatoms. The molecule has 35 heavy (non-hydrogen) atoms. The standard InChI is InChI=1S/C27H24FN3O4/c1-3-34-26(32)16-35-25-15-24(18-7-5-4-6-8-18)31-23-12-11-19(13-21(23)25)29-27(33)30-20-10-9-17(2)22(28)14-20/h4-15H,3,16H2,1-2H3,(H2,29,30,33). The quantitative estimate of drug-likeness (QED) is 0.325. The number of carbonyl (C=O) groups excluding carboxylic acids is 2. The van der Waals surface area contributed by atoms with Gasteiger partial charge in [0.05, 0.1) is 17.8 Å². The van der Waals surface area contributed by atoms with Crippen molar-refractivity contribution >= 4 is 34.3 Å². The molecule has 0 atom stereocenters. The van der Waals surface area contributed by atoms with Gasteiger partial charge in [0.2, 0.25) is 0 Å². The molecule has 0 unspecified atom stereocenters. The molecule has 0 aliphatic heterocycles. The second kappa shape index (κ2) is 10.6. The summed E-state index contributed by atoms with van der Waals surface area (Å²) in [5, 5.41) is 5.94. The normalized spacial score (nSPS) is 10.6. The zero-order valence-electron chi connectivity index (χ0n) is 19.3. The van der Waals surface area contributed by atoms with Crippen LogP contribution in [0.3, 0.4) is 0 Å². The summed E-state index contributed by atoms with van der Waals surface area (Å²) in [7, 11) is 0. The lowest BCUT2D eigenvalue weighted by atomic mass is 10.1. The molecule has 0 saturated carbocycles. The Morgan fingerprint density at radius 1 is 0.943 bits per heavy atom. The summed E-state index contributed by atoms with van der Waals surface area (Å²) in [6.45, 7) is 3.36. The van der Waals surface area contributed by atoms with E-state index in [0.717, 1.165) is 5.56 Å². The number of urea groups is 1. The lowest BCUT2D eigenvalue weighted by Crippen LogP contribution is -2.19. The third-order valence-electron chi connectivity index (χ3n) is 5.18. The van der Waals surface area contributed by atoms with E-state index >= 15 is 0 Å². The summed E-state index contributed by atoms with van der Waals surface area (Å²) >= 11 is 0. The fraction of sp³-hybridized carbons (Fsp3) is 0.148. The van der Waals surface area contributed by atoms with Gasteiger partial charge < -0.3 is 20.1 Å². The highest BCUT2D eigenvalue weighted by Crippen LogP contribution is 2.32. The van der Waals surface area contributed by atoms with Gasteiger partial charge in [-0.3, -0.25) is 0 Å². The van der Waals surface area contributed by atoms with Crippen molar-refractivity contribution in [2.24, 2.45) is 0 Å². The highest BCUT2D eigenvalue weighted by molar-refractivity contribution is 6.01. The maximum atomic E-state index is 13.8. The Bertz CT molecular complexity index is 1380. The molecule has 0 aliphatic carbocycles. The summed E-state index contributed by atoms with van der Waals surface area (Å²) in [6.07, 6.45) is 0. The summed E-state index contributed by atoms with van der Waals surface area (Å²) in [5.41, 5.74) is 3.48. The monoisotopic (exact) mass is 473 g/mol. The predicted octanol–water partition coefficient (Wildman–Crippen LogP) is 5.94. The molecule has 0 saturated heterocycles. The van der Waals surface area contributed by atoms with E-state index in [1.165, 1.54) is 6.07 Å². The van der Waals surface area contributed by atoms with Crippen molar-refractivity contribution in [1.82, 2.24) is 4.98 Å². The van der Waals surface area contributed by atoms with Gasteiger partial charge in [0.25, 0.3) is 0 Å². The first-order valence-corrected chi connectivity index (χ1v) is 11.1. The zero-order chi connectivity index (χ0) is 24.8. The van der Waals surface area contributed by atoms with E-state index in [1.807, 2.05) is 30.3 Å². The number of pyridine rings is 1. The Balaban J connectivity index is 1.62. The van der Waals surface area contributed by atoms with Crippen molar-refractivity contribution in [2.45, 2.75) is 13.8 Å². The van der Waals surface area contributed by atoms with Gasteiger partial charge in [-0.25, -0.2) is 19.0 Å². The first-order valence-electron chi connectivity index (χ1n) is 11.1. The number of carbonyl (C=O) groups is 2. The maximum absolute atomic E-state index is 13.8. The maximum Gasteiger partial charge on any atom is 0.344 e. The van der Waals surface area contributed by atoms with Crippen molar-refractivity contribution in [3.8, 4) is 17.0 Å². The highest BCUT2D eigenvalue weighted by Gasteiger charge is 2.13. The lowest BCUT2D eigenvalue weighted by molar-refractivity contribution is -0.145. The molecule has 2 amide bonds. The number of hydrogen-bond donors (Lipinski definition) is 2. The number of halogens is 1. The number of fused-ring (bicyclic) bond motifs is 1. The van der Waals surface area contributed by atoms with Gasteiger partial charge in [0, 0.05) is 28.4 Å².